The maximum absolute atomic E-state index is 13.7. The molecule has 0 saturated carbocycles. The summed E-state index contributed by atoms with van der Waals surface area (Å²) in [5.41, 5.74) is 1.14. The molecule has 0 aliphatic heterocycles. The van der Waals surface area contributed by atoms with E-state index in [2.05, 4.69) is 5.10 Å². The summed E-state index contributed by atoms with van der Waals surface area (Å²) in [6, 6.07) is 3.23. The van der Waals surface area contributed by atoms with Crippen molar-refractivity contribution >= 4 is 5.97 Å². The van der Waals surface area contributed by atoms with Crippen LogP contribution in [0.4, 0.5) is 8.78 Å². The molecule has 4 nitrogen and oxygen atoms in total. The van der Waals surface area contributed by atoms with Gasteiger partial charge >= 0.3 is 5.97 Å². The molecule has 0 atom stereocenters. The number of carboxylic acid groups (broad SMARTS) is 1. The first kappa shape index (κ1) is 13.2. The fourth-order valence-electron chi connectivity index (χ4n) is 1.87. The van der Waals surface area contributed by atoms with Crippen LogP contribution in [0.5, 0.6) is 0 Å². The van der Waals surface area contributed by atoms with Gasteiger partial charge in [0.1, 0.15) is 11.6 Å². The highest BCUT2D eigenvalue weighted by molar-refractivity contribution is 5.69. The third-order valence-corrected chi connectivity index (χ3v) is 2.70. The van der Waals surface area contributed by atoms with Crippen LogP contribution in [-0.4, -0.2) is 20.9 Å². The van der Waals surface area contributed by atoms with Crippen molar-refractivity contribution in [1.82, 2.24) is 9.78 Å². The predicted octanol–water partition coefficient (Wildman–Crippen LogP) is 2.38. The first-order chi connectivity index (χ1) is 8.97. The van der Waals surface area contributed by atoms with Crippen molar-refractivity contribution in [2.45, 2.75) is 12.8 Å². The van der Waals surface area contributed by atoms with Crippen molar-refractivity contribution in [1.29, 1.82) is 0 Å². The van der Waals surface area contributed by atoms with Crippen LogP contribution in [0.3, 0.4) is 0 Å². The molecule has 1 aromatic heterocycles. The van der Waals surface area contributed by atoms with Crippen molar-refractivity contribution in [2.75, 3.05) is 0 Å². The van der Waals surface area contributed by atoms with Crippen LogP contribution >= 0.6 is 0 Å². The first-order valence-electron chi connectivity index (χ1n) is 5.67. The van der Waals surface area contributed by atoms with E-state index in [9.17, 15) is 13.6 Å². The molecule has 0 radical (unpaired) electrons. The van der Waals surface area contributed by atoms with E-state index in [4.69, 9.17) is 5.11 Å². The molecule has 0 aliphatic rings. The van der Waals surface area contributed by atoms with Gasteiger partial charge in [0, 0.05) is 31.3 Å². The minimum absolute atomic E-state index is 0.0679. The second kappa shape index (κ2) is 5.17. The van der Waals surface area contributed by atoms with Crippen molar-refractivity contribution in [2.24, 2.45) is 7.05 Å². The fraction of sp³-hybridized carbons (Fsp3) is 0.231. The number of halogens is 2. The van der Waals surface area contributed by atoms with Crippen molar-refractivity contribution in [3.63, 3.8) is 0 Å². The maximum Gasteiger partial charge on any atom is 0.303 e. The molecule has 1 heterocycles. The van der Waals surface area contributed by atoms with Crippen LogP contribution in [0.1, 0.15) is 12.0 Å². The van der Waals surface area contributed by atoms with Crippen molar-refractivity contribution in [3.8, 4) is 11.3 Å². The van der Waals surface area contributed by atoms with Gasteiger partial charge in [-0.05, 0) is 24.1 Å². The highest BCUT2D eigenvalue weighted by Crippen LogP contribution is 2.26. The number of carboxylic acids is 1. The lowest BCUT2D eigenvalue weighted by Crippen LogP contribution is -1.98. The van der Waals surface area contributed by atoms with Gasteiger partial charge < -0.3 is 5.11 Å². The van der Waals surface area contributed by atoms with E-state index in [0.717, 1.165) is 12.1 Å². The summed E-state index contributed by atoms with van der Waals surface area (Å²) < 4.78 is 28.1. The molecule has 1 N–H and O–H groups in total. The minimum Gasteiger partial charge on any atom is -0.481 e. The third-order valence-electron chi connectivity index (χ3n) is 2.70. The number of hydrogen-bond acceptors (Lipinski definition) is 2. The molecule has 19 heavy (non-hydrogen) atoms. The van der Waals surface area contributed by atoms with Crippen LogP contribution in [0.25, 0.3) is 11.3 Å². The second-order valence-electron chi connectivity index (χ2n) is 4.19. The number of carbonyl (C=O) groups is 1. The van der Waals surface area contributed by atoms with Gasteiger partial charge in [-0.2, -0.15) is 5.10 Å². The fourth-order valence-corrected chi connectivity index (χ4v) is 1.87. The van der Waals surface area contributed by atoms with Crippen molar-refractivity contribution < 1.29 is 18.7 Å². The SMILES string of the molecule is Cn1cc(CCC(=O)O)c(-c2ccc(F)cc2F)n1. The van der Waals surface area contributed by atoms with Gasteiger partial charge in [0.05, 0.1) is 5.69 Å². The molecule has 0 saturated heterocycles. The van der Waals surface area contributed by atoms with Gasteiger partial charge in [-0.25, -0.2) is 8.78 Å². The molecule has 0 aliphatic carbocycles. The first-order valence-corrected chi connectivity index (χ1v) is 5.67. The third kappa shape index (κ3) is 2.96. The molecular formula is C13H12F2N2O2. The Labute approximate surface area is 108 Å². The van der Waals surface area contributed by atoms with E-state index in [1.54, 1.807) is 13.2 Å². The van der Waals surface area contributed by atoms with Gasteiger partial charge in [-0.1, -0.05) is 0 Å². The second-order valence-corrected chi connectivity index (χ2v) is 4.19. The summed E-state index contributed by atoms with van der Waals surface area (Å²) in [4.78, 5) is 10.6. The number of rotatable bonds is 4. The van der Waals surface area contributed by atoms with Crippen LogP contribution < -0.4 is 0 Å². The molecular weight excluding hydrogens is 254 g/mol. The molecule has 0 unspecified atom stereocenters. The Morgan fingerprint density at radius 3 is 2.79 bits per heavy atom. The summed E-state index contributed by atoms with van der Waals surface area (Å²) in [5.74, 6) is -2.31. The van der Waals surface area contributed by atoms with Gasteiger partial charge in [0.15, 0.2) is 0 Å². The Bertz CT molecular complexity index is 623. The van der Waals surface area contributed by atoms with Gasteiger partial charge in [-0.3, -0.25) is 9.48 Å². The van der Waals surface area contributed by atoms with Crippen LogP contribution in [0, 0.1) is 11.6 Å². The highest BCUT2D eigenvalue weighted by atomic mass is 19.1. The Hall–Kier alpha value is -2.24. The zero-order valence-corrected chi connectivity index (χ0v) is 10.2. The number of nitrogens with zero attached hydrogens (tertiary/aromatic N) is 2. The summed E-state index contributed by atoms with van der Waals surface area (Å²) in [7, 11) is 1.66. The summed E-state index contributed by atoms with van der Waals surface area (Å²) in [6.45, 7) is 0. The molecule has 0 amide bonds. The zero-order chi connectivity index (χ0) is 14.0. The van der Waals surface area contributed by atoms with Crippen LogP contribution in [-0.2, 0) is 18.3 Å². The average molecular weight is 266 g/mol. The van der Waals surface area contributed by atoms with E-state index < -0.39 is 17.6 Å². The van der Waals surface area contributed by atoms with Gasteiger partial charge in [-0.15, -0.1) is 0 Å². The van der Waals surface area contributed by atoms with E-state index in [1.807, 2.05) is 0 Å². The quantitative estimate of drug-likeness (QED) is 0.924. The lowest BCUT2D eigenvalue weighted by atomic mass is 10.0. The van der Waals surface area contributed by atoms with Crippen LogP contribution in [0.2, 0.25) is 0 Å². The van der Waals surface area contributed by atoms with E-state index in [-0.39, 0.29) is 18.4 Å². The molecule has 1 aromatic carbocycles. The Morgan fingerprint density at radius 2 is 2.16 bits per heavy atom. The normalized spacial score (nSPS) is 10.7. The van der Waals surface area contributed by atoms with Crippen molar-refractivity contribution in [3.05, 3.63) is 41.6 Å². The largest absolute Gasteiger partial charge is 0.481 e. The minimum atomic E-state index is -0.936. The van der Waals surface area contributed by atoms with Gasteiger partial charge in [0.25, 0.3) is 0 Å². The Balaban J connectivity index is 2.40. The number of aryl methyl sites for hydroxylation is 2. The smallest absolute Gasteiger partial charge is 0.303 e. The molecule has 2 rings (SSSR count). The van der Waals surface area contributed by atoms with Gasteiger partial charge in [0.2, 0.25) is 0 Å². The monoisotopic (exact) mass is 266 g/mol. The average Bonchev–Trinajstić information content (AvgIpc) is 2.67. The summed E-state index contributed by atoms with van der Waals surface area (Å²) >= 11 is 0. The van der Waals surface area contributed by atoms with E-state index in [0.29, 0.717) is 11.3 Å². The topological polar surface area (TPSA) is 55.1 Å². The summed E-state index contributed by atoms with van der Waals surface area (Å²) in [6.07, 6.45) is 1.82. The lowest BCUT2D eigenvalue weighted by molar-refractivity contribution is -0.136. The molecule has 2 aromatic rings. The molecule has 0 bridgehead atoms. The van der Waals surface area contributed by atoms with Crippen LogP contribution in [0.15, 0.2) is 24.4 Å². The standard InChI is InChI=1S/C13H12F2N2O2/c1-17-7-8(2-5-12(18)19)13(16-17)10-4-3-9(14)6-11(10)15/h3-4,6-7H,2,5H2,1H3,(H,18,19). The number of aliphatic carboxylic acids is 1. The lowest BCUT2D eigenvalue weighted by Gasteiger charge is -2.03. The predicted molar refractivity (Wildman–Crippen MR) is 64.5 cm³/mol. The Kier molecular flexibility index (Phi) is 3.59. The number of aromatic nitrogens is 2. The Morgan fingerprint density at radius 1 is 1.42 bits per heavy atom. The molecule has 100 valence electrons. The zero-order valence-electron chi connectivity index (χ0n) is 10.2. The maximum atomic E-state index is 13.7. The molecule has 0 spiro atoms. The number of benzene rings is 1. The highest BCUT2D eigenvalue weighted by Gasteiger charge is 2.15. The molecule has 0 fully saturated rings. The van der Waals surface area contributed by atoms with E-state index >= 15 is 0 Å². The summed E-state index contributed by atoms with van der Waals surface area (Å²) in [5, 5.41) is 12.8. The van der Waals surface area contributed by atoms with E-state index in [1.165, 1.54) is 10.7 Å². The molecule has 6 heteroatoms. The number of hydrogen-bond donors (Lipinski definition) is 1.